The Hall–Kier alpha value is -0.770. The van der Waals surface area contributed by atoms with E-state index in [-0.39, 0.29) is 30.4 Å². The van der Waals surface area contributed by atoms with E-state index in [2.05, 4.69) is 5.32 Å². The molecule has 3 N–H and O–H groups in total. The zero-order chi connectivity index (χ0) is 12.3. The number of hydrogen-bond acceptors (Lipinski definition) is 2. The molecule has 0 heterocycles. The maximum atomic E-state index is 12.0. The van der Waals surface area contributed by atoms with E-state index in [1.165, 1.54) is 0 Å². The summed E-state index contributed by atoms with van der Waals surface area (Å²) in [6.07, 6.45) is 4.26. The minimum atomic E-state index is -0.0657. The number of rotatable bonds is 2. The van der Waals surface area contributed by atoms with Crippen LogP contribution in [-0.2, 0) is 0 Å². The Labute approximate surface area is 118 Å². The number of hydrogen-bond donors (Lipinski definition) is 2. The molecular weight excluding hydrogens is 271 g/mol. The van der Waals surface area contributed by atoms with Gasteiger partial charge in [-0.3, -0.25) is 4.79 Å². The third-order valence-electron chi connectivity index (χ3n) is 3.24. The molecule has 0 spiro atoms. The van der Waals surface area contributed by atoms with Crippen LogP contribution in [-0.4, -0.2) is 18.0 Å². The molecule has 1 aromatic carbocycles. The molecule has 2 rings (SSSR count). The maximum absolute atomic E-state index is 12.0. The van der Waals surface area contributed by atoms with Crippen LogP contribution in [0.5, 0.6) is 0 Å². The van der Waals surface area contributed by atoms with Gasteiger partial charge >= 0.3 is 0 Å². The van der Waals surface area contributed by atoms with E-state index >= 15 is 0 Å². The molecule has 5 heteroatoms. The van der Waals surface area contributed by atoms with Gasteiger partial charge in [-0.25, -0.2) is 0 Å². The molecule has 0 aromatic heterocycles. The normalized spacial score (nSPS) is 23.0. The molecule has 3 nitrogen and oxygen atoms in total. The quantitative estimate of drug-likeness (QED) is 0.879. The van der Waals surface area contributed by atoms with Gasteiger partial charge in [-0.1, -0.05) is 24.4 Å². The smallest absolute Gasteiger partial charge is 0.251 e. The molecule has 0 unspecified atom stereocenters. The SMILES string of the molecule is Cl.N[C@H]1CCCC[C@H]1NC(=O)c1ccc(Cl)cc1. The van der Waals surface area contributed by atoms with Gasteiger partial charge in [-0.05, 0) is 37.1 Å². The van der Waals surface area contributed by atoms with E-state index in [0.717, 1.165) is 25.7 Å². The van der Waals surface area contributed by atoms with Gasteiger partial charge in [0.1, 0.15) is 0 Å². The summed E-state index contributed by atoms with van der Waals surface area (Å²) in [6, 6.07) is 7.08. The lowest BCUT2D eigenvalue weighted by atomic mass is 9.91. The largest absolute Gasteiger partial charge is 0.348 e. The molecule has 18 heavy (non-hydrogen) atoms. The number of nitrogens with one attached hydrogen (secondary N) is 1. The van der Waals surface area contributed by atoms with Crippen LogP contribution in [0.2, 0.25) is 5.02 Å². The van der Waals surface area contributed by atoms with E-state index < -0.39 is 0 Å². The molecule has 1 aromatic rings. The minimum absolute atomic E-state index is 0. The second kappa shape index (κ2) is 6.98. The molecule has 0 radical (unpaired) electrons. The molecule has 100 valence electrons. The van der Waals surface area contributed by atoms with Crippen LogP contribution in [0.4, 0.5) is 0 Å². The number of benzene rings is 1. The predicted octanol–water partition coefficient (Wildman–Crippen LogP) is 2.76. The Morgan fingerprint density at radius 1 is 1.22 bits per heavy atom. The molecule has 1 aliphatic carbocycles. The van der Waals surface area contributed by atoms with Crippen molar-refractivity contribution in [2.75, 3.05) is 0 Å². The van der Waals surface area contributed by atoms with Gasteiger partial charge < -0.3 is 11.1 Å². The van der Waals surface area contributed by atoms with Crippen LogP contribution >= 0.6 is 24.0 Å². The fourth-order valence-electron chi connectivity index (χ4n) is 2.19. The highest BCUT2D eigenvalue weighted by atomic mass is 35.5. The van der Waals surface area contributed by atoms with Crippen molar-refractivity contribution in [2.45, 2.75) is 37.8 Å². The van der Waals surface area contributed by atoms with Gasteiger partial charge in [0, 0.05) is 22.7 Å². The summed E-state index contributed by atoms with van der Waals surface area (Å²) in [5.41, 5.74) is 6.63. The number of amides is 1. The molecule has 1 fully saturated rings. The van der Waals surface area contributed by atoms with Crippen molar-refractivity contribution in [1.29, 1.82) is 0 Å². The fourth-order valence-corrected chi connectivity index (χ4v) is 2.32. The summed E-state index contributed by atoms with van der Waals surface area (Å²) in [4.78, 5) is 12.0. The summed E-state index contributed by atoms with van der Waals surface area (Å²) in [5.74, 6) is -0.0657. The first kappa shape index (κ1) is 15.3. The Morgan fingerprint density at radius 3 is 2.44 bits per heavy atom. The monoisotopic (exact) mass is 288 g/mol. The van der Waals surface area contributed by atoms with Crippen LogP contribution < -0.4 is 11.1 Å². The lowest BCUT2D eigenvalue weighted by Gasteiger charge is -2.29. The first-order valence-corrected chi connectivity index (χ1v) is 6.36. The zero-order valence-corrected chi connectivity index (χ0v) is 11.6. The average molecular weight is 289 g/mol. The summed E-state index contributed by atoms with van der Waals surface area (Å²) in [6.45, 7) is 0. The van der Waals surface area contributed by atoms with Gasteiger partial charge in [-0.2, -0.15) is 0 Å². The van der Waals surface area contributed by atoms with Crippen LogP contribution in [0.25, 0.3) is 0 Å². The highest BCUT2D eigenvalue weighted by Gasteiger charge is 2.23. The maximum Gasteiger partial charge on any atom is 0.251 e. The lowest BCUT2D eigenvalue weighted by molar-refractivity contribution is 0.0921. The average Bonchev–Trinajstić information content (AvgIpc) is 2.33. The van der Waals surface area contributed by atoms with E-state index in [4.69, 9.17) is 17.3 Å². The van der Waals surface area contributed by atoms with Gasteiger partial charge in [-0.15, -0.1) is 12.4 Å². The van der Waals surface area contributed by atoms with Crippen molar-refractivity contribution in [3.8, 4) is 0 Å². The number of carbonyl (C=O) groups is 1. The summed E-state index contributed by atoms with van der Waals surface area (Å²) in [7, 11) is 0. The van der Waals surface area contributed by atoms with Crippen LogP contribution in [0, 0.1) is 0 Å². The van der Waals surface area contributed by atoms with Crippen molar-refractivity contribution in [1.82, 2.24) is 5.32 Å². The molecule has 1 aliphatic rings. The van der Waals surface area contributed by atoms with Crippen molar-refractivity contribution >= 4 is 29.9 Å². The summed E-state index contributed by atoms with van der Waals surface area (Å²) >= 11 is 5.78. The standard InChI is InChI=1S/C13H17ClN2O.ClH/c14-10-7-5-9(6-8-10)13(17)16-12-4-2-1-3-11(12)15;/h5-8,11-12H,1-4,15H2,(H,16,17);1H/t11-,12+;/m0./s1. The van der Waals surface area contributed by atoms with Crippen LogP contribution in [0.3, 0.4) is 0 Å². The Kier molecular flexibility index (Phi) is 5.93. The second-order valence-electron chi connectivity index (χ2n) is 4.54. The third kappa shape index (κ3) is 3.87. The van der Waals surface area contributed by atoms with Crippen molar-refractivity contribution in [3.05, 3.63) is 34.9 Å². The topological polar surface area (TPSA) is 55.1 Å². The van der Waals surface area contributed by atoms with Gasteiger partial charge in [0.15, 0.2) is 0 Å². The minimum Gasteiger partial charge on any atom is -0.348 e. The molecular formula is C13H18Cl2N2O. The molecule has 0 bridgehead atoms. The fraction of sp³-hybridized carbons (Fsp3) is 0.462. The van der Waals surface area contributed by atoms with E-state index in [1.807, 2.05) is 0 Å². The third-order valence-corrected chi connectivity index (χ3v) is 3.49. The van der Waals surface area contributed by atoms with Crippen LogP contribution in [0.15, 0.2) is 24.3 Å². The van der Waals surface area contributed by atoms with Crippen molar-refractivity contribution in [2.24, 2.45) is 5.73 Å². The molecule has 2 atom stereocenters. The van der Waals surface area contributed by atoms with Gasteiger partial charge in [0.2, 0.25) is 0 Å². The molecule has 1 amide bonds. The summed E-state index contributed by atoms with van der Waals surface area (Å²) < 4.78 is 0. The van der Waals surface area contributed by atoms with E-state index in [9.17, 15) is 4.79 Å². The molecule has 1 saturated carbocycles. The number of nitrogens with two attached hydrogens (primary N) is 1. The number of carbonyl (C=O) groups excluding carboxylic acids is 1. The Balaban J connectivity index is 0.00000162. The first-order valence-electron chi connectivity index (χ1n) is 5.99. The Morgan fingerprint density at radius 2 is 1.83 bits per heavy atom. The number of halogens is 2. The van der Waals surface area contributed by atoms with Gasteiger partial charge in [0.25, 0.3) is 5.91 Å². The van der Waals surface area contributed by atoms with E-state index in [0.29, 0.717) is 10.6 Å². The molecule has 0 saturated heterocycles. The molecule has 0 aliphatic heterocycles. The van der Waals surface area contributed by atoms with Crippen molar-refractivity contribution in [3.63, 3.8) is 0 Å². The highest BCUT2D eigenvalue weighted by Crippen LogP contribution is 2.17. The van der Waals surface area contributed by atoms with Crippen molar-refractivity contribution < 1.29 is 4.79 Å². The van der Waals surface area contributed by atoms with E-state index in [1.54, 1.807) is 24.3 Å². The zero-order valence-electron chi connectivity index (χ0n) is 10.1. The summed E-state index contributed by atoms with van der Waals surface area (Å²) in [5, 5.41) is 3.63. The lowest BCUT2D eigenvalue weighted by Crippen LogP contribution is -2.49. The second-order valence-corrected chi connectivity index (χ2v) is 4.97. The van der Waals surface area contributed by atoms with Crippen LogP contribution in [0.1, 0.15) is 36.0 Å². The Bertz CT molecular complexity index is 394. The predicted molar refractivity (Wildman–Crippen MR) is 76.4 cm³/mol. The highest BCUT2D eigenvalue weighted by molar-refractivity contribution is 6.30. The van der Waals surface area contributed by atoms with Gasteiger partial charge in [0.05, 0.1) is 0 Å². The first-order chi connectivity index (χ1) is 8.16.